The van der Waals surface area contributed by atoms with Crippen LogP contribution in [0.2, 0.25) is 0 Å². The van der Waals surface area contributed by atoms with Crippen LogP contribution in [0.25, 0.3) is 0 Å². The molecule has 8 heavy (non-hydrogen) atoms. The van der Waals surface area contributed by atoms with Crippen LogP contribution in [0.3, 0.4) is 0 Å². The summed E-state index contributed by atoms with van der Waals surface area (Å²) in [7, 11) is 0. The first-order valence-corrected chi connectivity index (χ1v) is 3.20. The number of piperazine rings is 1. The van der Waals surface area contributed by atoms with Crippen molar-refractivity contribution in [3.8, 4) is 0 Å². The zero-order valence-corrected chi connectivity index (χ0v) is 5.52. The minimum absolute atomic E-state index is 0.517. The summed E-state index contributed by atoms with van der Waals surface area (Å²) in [5.41, 5.74) is 0. The maximum Gasteiger partial charge on any atom is 0.0369 e. The van der Waals surface area contributed by atoms with Gasteiger partial charge in [0.2, 0.25) is 0 Å². The lowest BCUT2D eigenvalue weighted by molar-refractivity contribution is 0.351. The smallest absolute Gasteiger partial charge is 0.0369 e. The van der Waals surface area contributed by atoms with Crippen molar-refractivity contribution in [2.45, 2.75) is 25.9 Å². The third-order valence-electron chi connectivity index (χ3n) is 1.72. The van der Waals surface area contributed by atoms with E-state index in [4.69, 9.17) is 0 Å². The van der Waals surface area contributed by atoms with Crippen molar-refractivity contribution in [3.63, 3.8) is 0 Å². The number of hydrogen-bond donors (Lipinski definition) is 1. The fraction of sp³-hybridized carbons (Fsp3) is 1.00. The summed E-state index contributed by atoms with van der Waals surface area (Å²) in [6, 6.07) is 1.10. The van der Waals surface area contributed by atoms with Crippen LogP contribution in [-0.2, 0) is 0 Å². The summed E-state index contributed by atoms with van der Waals surface area (Å²) >= 11 is 0. The van der Waals surface area contributed by atoms with Crippen molar-refractivity contribution in [2.24, 2.45) is 0 Å². The molecule has 0 spiro atoms. The van der Waals surface area contributed by atoms with Crippen LogP contribution in [0.5, 0.6) is 0 Å². The molecule has 1 saturated heterocycles. The molecule has 2 atom stereocenters. The largest absolute Gasteiger partial charge is 0.311 e. The molecule has 47 valence electrons. The first kappa shape index (κ1) is 6.05. The molecule has 1 fully saturated rings. The highest BCUT2D eigenvalue weighted by Gasteiger charge is 2.15. The summed E-state index contributed by atoms with van der Waals surface area (Å²) < 4.78 is 0. The molecule has 1 aliphatic heterocycles. The molecule has 0 saturated carbocycles. The van der Waals surface area contributed by atoms with E-state index in [1.54, 1.807) is 0 Å². The highest BCUT2D eigenvalue weighted by Crippen LogP contribution is 1.95. The van der Waals surface area contributed by atoms with Crippen LogP contribution < -0.4 is 10.6 Å². The third-order valence-corrected chi connectivity index (χ3v) is 1.72. The number of hydrogen-bond acceptors (Lipinski definition) is 1. The van der Waals surface area contributed by atoms with Crippen LogP contribution in [-0.4, -0.2) is 25.2 Å². The third kappa shape index (κ3) is 1.20. The van der Waals surface area contributed by atoms with Gasteiger partial charge in [0, 0.05) is 25.2 Å². The Hall–Kier alpha value is -0.0800. The van der Waals surface area contributed by atoms with Crippen LogP contribution >= 0.6 is 0 Å². The molecule has 2 nitrogen and oxygen atoms in total. The highest BCUT2D eigenvalue weighted by atomic mass is 15.1. The first-order valence-electron chi connectivity index (χ1n) is 3.20. The number of rotatable bonds is 0. The molecule has 0 aromatic rings. The van der Waals surface area contributed by atoms with Gasteiger partial charge < -0.3 is 5.32 Å². The summed E-state index contributed by atoms with van der Waals surface area (Å²) in [5, 5.41) is 7.69. The highest BCUT2D eigenvalue weighted by molar-refractivity contribution is 4.78. The van der Waals surface area contributed by atoms with Crippen molar-refractivity contribution >= 4 is 0 Å². The Morgan fingerprint density at radius 3 is 2.62 bits per heavy atom. The Bertz CT molecular complexity index is 62.9. The maximum absolute atomic E-state index is 4.35. The Morgan fingerprint density at radius 1 is 1.50 bits per heavy atom. The van der Waals surface area contributed by atoms with Crippen LogP contribution in [0.4, 0.5) is 0 Å². The number of nitrogens with one attached hydrogen (secondary N) is 1. The summed E-state index contributed by atoms with van der Waals surface area (Å²) in [6.07, 6.45) is 0. The molecule has 0 aromatic heterocycles. The standard InChI is InChI=1S/C6H13N2/c1-5-6(2)8-4-3-7-5/h5-7H,3-4H2,1-2H3. The van der Waals surface area contributed by atoms with E-state index in [0.29, 0.717) is 12.1 Å². The second-order valence-electron chi connectivity index (χ2n) is 2.39. The van der Waals surface area contributed by atoms with Crippen molar-refractivity contribution < 1.29 is 0 Å². The van der Waals surface area contributed by atoms with Gasteiger partial charge >= 0.3 is 0 Å². The van der Waals surface area contributed by atoms with E-state index in [2.05, 4.69) is 24.5 Å². The normalized spacial score (nSPS) is 39.8. The summed E-state index contributed by atoms with van der Waals surface area (Å²) in [4.78, 5) is 0. The van der Waals surface area contributed by atoms with Gasteiger partial charge in [0.25, 0.3) is 0 Å². The molecule has 0 aromatic carbocycles. The lowest BCUT2D eigenvalue weighted by atomic mass is 10.1. The van der Waals surface area contributed by atoms with Crippen molar-refractivity contribution in [2.75, 3.05) is 13.1 Å². The van der Waals surface area contributed by atoms with Gasteiger partial charge in [-0.1, -0.05) is 0 Å². The van der Waals surface area contributed by atoms with Crippen LogP contribution in [0.1, 0.15) is 13.8 Å². The molecule has 2 unspecified atom stereocenters. The molecule has 0 bridgehead atoms. The molecular formula is C6H13N2. The van der Waals surface area contributed by atoms with E-state index < -0.39 is 0 Å². The Kier molecular flexibility index (Phi) is 1.86. The van der Waals surface area contributed by atoms with Gasteiger partial charge in [-0.2, -0.15) is 0 Å². The lowest BCUT2D eigenvalue weighted by Crippen LogP contribution is -2.49. The number of nitrogens with zero attached hydrogens (tertiary/aromatic N) is 1. The topological polar surface area (TPSA) is 26.1 Å². The Morgan fingerprint density at radius 2 is 2.25 bits per heavy atom. The van der Waals surface area contributed by atoms with E-state index in [0.717, 1.165) is 13.1 Å². The molecule has 1 radical (unpaired) electrons. The van der Waals surface area contributed by atoms with E-state index in [1.165, 1.54) is 0 Å². The maximum atomic E-state index is 4.35. The molecule has 1 aliphatic rings. The molecule has 2 heteroatoms. The van der Waals surface area contributed by atoms with Gasteiger partial charge in [0.15, 0.2) is 0 Å². The van der Waals surface area contributed by atoms with Crippen molar-refractivity contribution in [3.05, 3.63) is 0 Å². The van der Waals surface area contributed by atoms with Crippen molar-refractivity contribution in [1.29, 1.82) is 0 Å². The minimum Gasteiger partial charge on any atom is -0.311 e. The Labute approximate surface area is 50.7 Å². The fourth-order valence-corrected chi connectivity index (χ4v) is 0.889. The molecule has 1 heterocycles. The van der Waals surface area contributed by atoms with E-state index >= 15 is 0 Å². The second-order valence-corrected chi connectivity index (χ2v) is 2.39. The van der Waals surface area contributed by atoms with Gasteiger partial charge in [-0.05, 0) is 13.8 Å². The summed E-state index contributed by atoms with van der Waals surface area (Å²) in [5.74, 6) is 0. The zero-order chi connectivity index (χ0) is 5.98. The average Bonchev–Trinajstić information content (AvgIpc) is 1.77. The molecule has 0 aliphatic carbocycles. The Balaban J connectivity index is 2.28. The molecule has 0 amide bonds. The molecule has 1 N–H and O–H groups in total. The van der Waals surface area contributed by atoms with E-state index in [-0.39, 0.29) is 0 Å². The van der Waals surface area contributed by atoms with E-state index in [1.807, 2.05) is 0 Å². The molecular weight excluding hydrogens is 100 g/mol. The molecule has 1 rings (SSSR count). The quantitative estimate of drug-likeness (QED) is 0.469. The van der Waals surface area contributed by atoms with Gasteiger partial charge in [0.1, 0.15) is 0 Å². The second kappa shape index (κ2) is 2.46. The first-order chi connectivity index (χ1) is 3.80. The predicted octanol–water partition coefficient (Wildman–Crippen LogP) is -0.0290. The van der Waals surface area contributed by atoms with Crippen LogP contribution in [0.15, 0.2) is 0 Å². The van der Waals surface area contributed by atoms with Gasteiger partial charge in [0.05, 0.1) is 0 Å². The van der Waals surface area contributed by atoms with Crippen molar-refractivity contribution in [1.82, 2.24) is 10.6 Å². The van der Waals surface area contributed by atoms with Gasteiger partial charge in [-0.3, -0.25) is 0 Å². The minimum atomic E-state index is 0.517. The van der Waals surface area contributed by atoms with Gasteiger partial charge in [-0.25, -0.2) is 5.32 Å². The SMILES string of the molecule is CC1[N]CCNC1C. The lowest BCUT2D eigenvalue weighted by Gasteiger charge is -2.26. The monoisotopic (exact) mass is 113 g/mol. The predicted molar refractivity (Wildman–Crippen MR) is 33.9 cm³/mol. The fourth-order valence-electron chi connectivity index (χ4n) is 0.889. The van der Waals surface area contributed by atoms with Crippen LogP contribution in [0, 0.1) is 0 Å². The average molecular weight is 113 g/mol. The summed E-state index contributed by atoms with van der Waals surface area (Å²) in [6.45, 7) is 6.38. The van der Waals surface area contributed by atoms with E-state index in [9.17, 15) is 0 Å². The van der Waals surface area contributed by atoms with Gasteiger partial charge in [-0.15, -0.1) is 0 Å². The zero-order valence-electron chi connectivity index (χ0n) is 5.52.